The van der Waals surface area contributed by atoms with Gasteiger partial charge in [0.1, 0.15) is 5.03 Å². The Bertz CT molecular complexity index is 828. The second-order valence-corrected chi connectivity index (χ2v) is 8.11. The van der Waals surface area contributed by atoms with Crippen molar-refractivity contribution in [2.45, 2.75) is 11.9 Å². The predicted molar refractivity (Wildman–Crippen MR) is 113 cm³/mol. The zero-order valence-electron chi connectivity index (χ0n) is 15.6. The normalized spacial score (nSPS) is 13.8. The summed E-state index contributed by atoms with van der Waals surface area (Å²) in [4.78, 5) is 35.3. The van der Waals surface area contributed by atoms with Gasteiger partial charge in [-0.1, -0.05) is 17.8 Å². The standard InChI is InChI=1S/C19H22N4O3S2/c1-2-26-19(25)14-4-3-5-15(12-14)22-16(24)13-28-18-17(20-6-7-21-18)23-8-10-27-11-9-23/h3-7,12H,2,8-11,13H2,1H3,(H,22,24). The van der Waals surface area contributed by atoms with Crippen molar-refractivity contribution >= 4 is 46.9 Å². The zero-order valence-corrected chi connectivity index (χ0v) is 17.2. The Morgan fingerprint density at radius 2 is 2.04 bits per heavy atom. The van der Waals surface area contributed by atoms with E-state index in [1.54, 1.807) is 43.6 Å². The summed E-state index contributed by atoms with van der Waals surface area (Å²) in [6.07, 6.45) is 3.33. The molecular weight excluding hydrogens is 396 g/mol. The number of anilines is 2. The summed E-state index contributed by atoms with van der Waals surface area (Å²) in [5.41, 5.74) is 0.968. The van der Waals surface area contributed by atoms with Crippen molar-refractivity contribution in [1.29, 1.82) is 0 Å². The number of amides is 1. The molecule has 0 saturated carbocycles. The van der Waals surface area contributed by atoms with E-state index in [1.165, 1.54) is 11.8 Å². The number of carbonyl (C=O) groups excluding carboxylic acids is 2. The number of benzene rings is 1. The van der Waals surface area contributed by atoms with Gasteiger partial charge in [0, 0.05) is 42.7 Å². The molecule has 2 aromatic rings. The van der Waals surface area contributed by atoms with Crippen LogP contribution in [-0.4, -0.2) is 58.8 Å². The molecule has 0 spiro atoms. The van der Waals surface area contributed by atoms with E-state index in [4.69, 9.17) is 4.74 Å². The van der Waals surface area contributed by atoms with Gasteiger partial charge in [0.15, 0.2) is 5.82 Å². The summed E-state index contributed by atoms with van der Waals surface area (Å²) in [6, 6.07) is 6.72. The number of hydrogen-bond acceptors (Lipinski definition) is 8. The van der Waals surface area contributed by atoms with Gasteiger partial charge in [-0.05, 0) is 25.1 Å². The molecule has 1 N–H and O–H groups in total. The molecule has 148 valence electrons. The number of carbonyl (C=O) groups is 2. The number of esters is 1. The number of rotatable bonds is 7. The summed E-state index contributed by atoms with van der Waals surface area (Å²) in [5.74, 6) is 2.60. The summed E-state index contributed by atoms with van der Waals surface area (Å²) in [6.45, 7) is 3.93. The van der Waals surface area contributed by atoms with Gasteiger partial charge in [-0.3, -0.25) is 4.79 Å². The lowest BCUT2D eigenvalue weighted by Crippen LogP contribution is -2.33. The summed E-state index contributed by atoms with van der Waals surface area (Å²) in [7, 11) is 0. The Labute approximate surface area is 172 Å². The predicted octanol–water partition coefficient (Wildman–Crippen LogP) is 2.94. The van der Waals surface area contributed by atoms with E-state index in [9.17, 15) is 9.59 Å². The third-order valence-corrected chi connectivity index (χ3v) is 5.87. The Hall–Kier alpha value is -2.26. The van der Waals surface area contributed by atoms with Gasteiger partial charge in [0.25, 0.3) is 0 Å². The van der Waals surface area contributed by atoms with Crippen LogP contribution in [-0.2, 0) is 9.53 Å². The quantitative estimate of drug-likeness (QED) is 0.543. The Kier molecular flexibility index (Phi) is 7.55. The highest BCUT2D eigenvalue weighted by Gasteiger charge is 2.18. The molecule has 0 unspecified atom stereocenters. The van der Waals surface area contributed by atoms with Crippen LogP contribution in [0, 0.1) is 0 Å². The van der Waals surface area contributed by atoms with E-state index in [1.807, 2.05) is 11.8 Å². The van der Waals surface area contributed by atoms with Crippen molar-refractivity contribution in [3.8, 4) is 0 Å². The van der Waals surface area contributed by atoms with Crippen LogP contribution in [0.25, 0.3) is 0 Å². The minimum absolute atomic E-state index is 0.170. The monoisotopic (exact) mass is 418 g/mol. The fraction of sp³-hybridized carbons (Fsp3) is 0.368. The molecule has 1 aliphatic heterocycles. The minimum Gasteiger partial charge on any atom is -0.462 e. The first-order valence-corrected chi connectivity index (χ1v) is 11.1. The largest absolute Gasteiger partial charge is 0.462 e. The molecule has 0 bridgehead atoms. The first-order chi connectivity index (χ1) is 13.7. The van der Waals surface area contributed by atoms with Crippen LogP contribution in [0.3, 0.4) is 0 Å². The first-order valence-electron chi connectivity index (χ1n) is 9.01. The van der Waals surface area contributed by atoms with Crippen molar-refractivity contribution in [3.63, 3.8) is 0 Å². The van der Waals surface area contributed by atoms with E-state index >= 15 is 0 Å². The minimum atomic E-state index is -0.406. The van der Waals surface area contributed by atoms with Gasteiger partial charge in [0.05, 0.1) is 17.9 Å². The molecule has 1 fully saturated rings. The van der Waals surface area contributed by atoms with Crippen LogP contribution < -0.4 is 10.2 Å². The molecule has 0 aliphatic carbocycles. The fourth-order valence-corrected chi connectivity index (χ4v) is 4.37. The molecule has 7 nitrogen and oxygen atoms in total. The lowest BCUT2D eigenvalue weighted by molar-refractivity contribution is -0.113. The molecule has 1 aromatic carbocycles. The highest BCUT2D eigenvalue weighted by Crippen LogP contribution is 2.27. The first kappa shape index (κ1) is 20.5. The van der Waals surface area contributed by atoms with Gasteiger partial charge in [-0.25, -0.2) is 14.8 Å². The van der Waals surface area contributed by atoms with E-state index in [-0.39, 0.29) is 11.7 Å². The second kappa shape index (κ2) is 10.3. The van der Waals surface area contributed by atoms with E-state index in [0.29, 0.717) is 17.9 Å². The van der Waals surface area contributed by atoms with Gasteiger partial charge < -0.3 is 15.0 Å². The van der Waals surface area contributed by atoms with Crippen molar-refractivity contribution in [2.24, 2.45) is 0 Å². The highest BCUT2D eigenvalue weighted by atomic mass is 32.2. The molecule has 0 radical (unpaired) electrons. The SMILES string of the molecule is CCOC(=O)c1cccc(NC(=O)CSc2nccnc2N2CCSCC2)c1. The number of ether oxygens (including phenoxy) is 1. The average molecular weight is 419 g/mol. The molecule has 1 amide bonds. The van der Waals surface area contributed by atoms with Gasteiger partial charge in [-0.2, -0.15) is 11.8 Å². The van der Waals surface area contributed by atoms with Crippen LogP contribution in [0.1, 0.15) is 17.3 Å². The lowest BCUT2D eigenvalue weighted by Gasteiger charge is -2.28. The van der Waals surface area contributed by atoms with Crippen molar-refractivity contribution < 1.29 is 14.3 Å². The van der Waals surface area contributed by atoms with Crippen LogP contribution in [0.4, 0.5) is 11.5 Å². The summed E-state index contributed by atoms with van der Waals surface area (Å²) >= 11 is 3.29. The zero-order chi connectivity index (χ0) is 19.8. The third kappa shape index (κ3) is 5.62. The number of thioether (sulfide) groups is 2. The van der Waals surface area contributed by atoms with Crippen LogP contribution >= 0.6 is 23.5 Å². The Morgan fingerprint density at radius 1 is 1.25 bits per heavy atom. The maximum absolute atomic E-state index is 12.4. The van der Waals surface area contributed by atoms with E-state index in [2.05, 4.69) is 20.2 Å². The smallest absolute Gasteiger partial charge is 0.338 e. The average Bonchev–Trinajstić information content (AvgIpc) is 2.73. The number of nitrogens with one attached hydrogen (secondary N) is 1. The van der Waals surface area contributed by atoms with Crippen molar-refractivity contribution in [3.05, 3.63) is 42.2 Å². The molecule has 1 aromatic heterocycles. The highest BCUT2D eigenvalue weighted by molar-refractivity contribution is 8.00. The number of hydrogen-bond donors (Lipinski definition) is 1. The molecule has 3 rings (SSSR count). The van der Waals surface area contributed by atoms with Crippen LogP contribution in [0.2, 0.25) is 0 Å². The molecule has 0 atom stereocenters. The number of nitrogens with zero attached hydrogens (tertiary/aromatic N) is 3. The lowest BCUT2D eigenvalue weighted by atomic mass is 10.2. The van der Waals surface area contributed by atoms with E-state index < -0.39 is 5.97 Å². The Balaban J connectivity index is 1.59. The topological polar surface area (TPSA) is 84.4 Å². The Morgan fingerprint density at radius 3 is 2.82 bits per heavy atom. The van der Waals surface area contributed by atoms with Crippen LogP contribution in [0.5, 0.6) is 0 Å². The maximum Gasteiger partial charge on any atom is 0.338 e. The molecular formula is C19H22N4O3S2. The molecule has 1 aliphatic rings. The molecule has 9 heteroatoms. The second-order valence-electron chi connectivity index (χ2n) is 5.92. The maximum atomic E-state index is 12.4. The fourth-order valence-electron chi connectivity index (χ4n) is 2.68. The van der Waals surface area contributed by atoms with Crippen molar-refractivity contribution in [2.75, 3.05) is 47.2 Å². The van der Waals surface area contributed by atoms with E-state index in [0.717, 1.165) is 35.4 Å². The summed E-state index contributed by atoms with van der Waals surface area (Å²) in [5, 5.41) is 3.57. The third-order valence-electron chi connectivity index (χ3n) is 3.95. The van der Waals surface area contributed by atoms with Gasteiger partial charge in [0.2, 0.25) is 5.91 Å². The molecule has 1 saturated heterocycles. The van der Waals surface area contributed by atoms with Gasteiger partial charge in [-0.15, -0.1) is 0 Å². The molecule has 28 heavy (non-hydrogen) atoms. The van der Waals surface area contributed by atoms with Crippen molar-refractivity contribution in [1.82, 2.24) is 9.97 Å². The number of aromatic nitrogens is 2. The molecule has 2 heterocycles. The summed E-state index contributed by atoms with van der Waals surface area (Å²) < 4.78 is 4.99. The van der Waals surface area contributed by atoms with Gasteiger partial charge >= 0.3 is 5.97 Å². The van der Waals surface area contributed by atoms with Crippen LogP contribution in [0.15, 0.2) is 41.7 Å².